The van der Waals surface area contributed by atoms with Crippen LogP contribution in [0.2, 0.25) is 0 Å². The van der Waals surface area contributed by atoms with Crippen LogP contribution in [0.15, 0.2) is 78.1 Å². The SMILES string of the molecule is O=C(CN1c2ccccc2Cn2c1nc(-c1ccncn1)cc2=O)c1ccccn1. The fourth-order valence-electron chi connectivity index (χ4n) is 3.52. The summed E-state index contributed by atoms with van der Waals surface area (Å²) in [7, 11) is 0. The average molecular weight is 396 g/mol. The molecule has 3 aromatic heterocycles. The number of pyridine rings is 1. The van der Waals surface area contributed by atoms with Crippen molar-refractivity contribution in [2.24, 2.45) is 0 Å². The van der Waals surface area contributed by atoms with Crippen LogP contribution in [-0.2, 0) is 6.54 Å². The predicted molar refractivity (Wildman–Crippen MR) is 111 cm³/mol. The van der Waals surface area contributed by atoms with Gasteiger partial charge in [-0.15, -0.1) is 0 Å². The molecule has 4 aromatic rings. The third-order valence-electron chi connectivity index (χ3n) is 4.94. The minimum Gasteiger partial charge on any atom is -0.304 e. The van der Waals surface area contributed by atoms with Crippen molar-refractivity contribution in [3.63, 3.8) is 0 Å². The Hall–Kier alpha value is -4.20. The molecule has 0 aliphatic carbocycles. The summed E-state index contributed by atoms with van der Waals surface area (Å²) in [5.74, 6) is 0.236. The first-order valence-corrected chi connectivity index (χ1v) is 9.38. The maximum Gasteiger partial charge on any atom is 0.255 e. The predicted octanol–water partition coefficient (Wildman–Crippen LogP) is 2.48. The highest BCUT2D eigenvalue weighted by Gasteiger charge is 2.27. The number of benzene rings is 1. The van der Waals surface area contributed by atoms with E-state index in [1.165, 1.54) is 12.4 Å². The Morgan fingerprint density at radius 3 is 2.63 bits per heavy atom. The fraction of sp³-hybridized carbons (Fsp3) is 0.0909. The number of hydrogen-bond acceptors (Lipinski definition) is 7. The summed E-state index contributed by atoms with van der Waals surface area (Å²) in [5, 5.41) is 0. The zero-order valence-electron chi connectivity index (χ0n) is 15.8. The van der Waals surface area contributed by atoms with E-state index >= 15 is 0 Å². The van der Waals surface area contributed by atoms with Crippen molar-refractivity contribution in [1.29, 1.82) is 0 Å². The van der Waals surface area contributed by atoms with E-state index < -0.39 is 0 Å². The van der Waals surface area contributed by atoms with Gasteiger partial charge in [0.05, 0.1) is 24.5 Å². The highest BCUT2D eigenvalue weighted by Crippen LogP contribution is 2.33. The lowest BCUT2D eigenvalue weighted by Gasteiger charge is -2.32. The highest BCUT2D eigenvalue weighted by molar-refractivity contribution is 5.98. The smallest absolute Gasteiger partial charge is 0.255 e. The molecule has 30 heavy (non-hydrogen) atoms. The van der Waals surface area contributed by atoms with Crippen LogP contribution in [0.5, 0.6) is 0 Å². The number of carbonyl (C=O) groups is 1. The van der Waals surface area contributed by atoms with E-state index in [-0.39, 0.29) is 17.9 Å². The molecule has 8 heteroatoms. The van der Waals surface area contributed by atoms with Gasteiger partial charge in [0.15, 0.2) is 0 Å². The summed E-state index contributed by atoms with van der Waals surface area (Å²) in [6, 6.07) is 16.0. The van der Waals surface area contributed by atoms with E-state index in [0.29, 0.717) is 29.6 Å². The molecular weight excluding hydrogens is 380 g/mol. The second kappa shape index (κ2) is 7.32. The zero-order chi connectivity index (χ0) is 20.5. The van der Waals surface area contributed by atoms with Crippen LogP contribution < -0.4 is 10.5 Å². The molecule has 0 N–H and O–H groups in total. The molecule has 146 valence electrons. The Balaban J connectivity index is 1.64. The summed E-state index contributed by atoms with van der Waals surface area (Å²) < 4.78 is 1.57. The number of hydrogen-bond donors (Lipinski definition) is 0. The number of ketones is 1. The number of rotatable bonds is 4. The van der Waals surface area contributed by atoms with Gasteiger partial charge in [0, 0.05) is 24.1 Å². The molecule has 0 saturated carbocycles. The molecule has 0 spiro atoms. The molecule has 0 atom stereocenters. The molecular formula is C22H16N6O2. The normalized spacial score (nSPS) is 12.2. The van der Waals surface area contributed by atoms with Crippen molar-refractivity contribution in [3.8, 4) is 11.4 Å². The Morgan fingerprint density at radius 1 is 0.967 bits per heavy atom. The second-order valence-corrected chi connectivity index (χ2v) is 6.81. The van der Waals surface area contributed by atoms with Crippen LogP contribution in [0, 0.1) is 0 Å². The summed E-state index contributed by atoms with van der Waals surface area (Å²) in [5.41, 5.74) is 2.91. The summed E-state index contributed by atoms with van der Waals surface area (Å²) in [4.78, 5) is 44.6. The first-order valence-electron chi connectivity index (χ1n) is 9.38. The van der Waals surface area contributed by atoms with Gasteiger partial charge < -0.3 is 4.90 Å². The van der Waals surface area contributed by atoms with Crippen LogP contribution in [-0.4, -0.2) is 36.8 Å². The van der Waals surface area contributed by atoms with Gasteiger partial charge in [0.25, 0.3) is 5.56 Å². The van der Waals surface area contributed by atoms with Crippen LogP contribution in [0.25, 0.3) is 11.4 Å². The standard InChI is InChI=1S/C22H16N6O2/c29-20(17-6-3-4-9-24-17)13-27-19-7-2-1-5-15(19)12-28-21(30)11-18(26-22(27)28)16-8-10-23-14-25-16/h1-11,14H,12-13H2. The Morgan fingerprint density at radius 2 is 1.83 bits per heavy atom. The lowest BCUT2D eigenvalue weighted by atomic mass is 10.1. The lowest BCUT2D eigenvalue weighted by Crippen LogP contribution is -2.37. The van der Waals surface area contributed by atoms with Gasteiger partial charge in [0.2, 0.25) is 11.7 Å². The topological polar surface area (TPSA) is 93.9 Å². The highest BCUT2D eigenvalue weighted by atomic mass is 16.1. The van der Waals surface area contributed by atoms with Gasteiger partial charge in [-0.1, -0.05) is 24.3 Å². The molecule has 5 rings (SSSR count). The Kier molecular flexibility index (Phi) is 4.36. The molecule has 0 radical (unpaired) electrons. The van der Waals surface area contributed by atoms with Gasteiger partial charge in [-0.3, -0.25) is 19.1 Å². The molecule has 0 bridgehead atoms. The van der Waals surface area contributed by atoms with Gasteiger partial charge >= 0.3 is 0 Å². The maximum absolute atomic E-state index is 12.9. The number of aromatic nitrogens is 5. The van der Waals surface area contributed by atoms with Gasteiger partial charge in [-0.05, 0) is 29.8 Å². The minimum atomic E-state index is -0.210. The first-order chi connectivity index (χ1) is 14.7. The van der Waals surface area contributed by atoms with Crippen molar-refractivity contribution >= 4 is 17.4 Å². The van der Waals surface area contributed by atoms with E-state index in [0.717, 1.165) is 11.3 Å². The van der Waals surface area contributed by atoms with E-state index in [1.54, 1.807) is 46.1 Å². The lowest BCUT2D eigenvalue weighted by molar-refractivity contribution is 0.0996. The van der Waals surface area contributed by atoms with E-state index in [1.807, 2.05) is 24.3 Å². The summed E-state index contributed by atoms with van der Waals surface area (Å²) >= 11 is 0. The molecule has 0 amide bonds. The minimum absolute atomic E-state index is 0.00763. The van der Waals surface area contributed by atoms with Gasteiger partial charge in [0.1, 0.15) is 12.0 Å². The average Bonchev–Trinajstić information content (AvgIpc) is 2.80. The number of para-hydroxylation sites is 1. The third-order valence-corrected chi connectivity index (χ3v) is 4.94. The van der Waals surface area contributed by atoms with Crippen molar-refractivity contribution in [2.75, 3.05) is 11.4 Å². The second-order valence-electron chi connectivity index (χ2n) is 6.81. The third kappa shape index (κ3) is 3.14. The number of carbonyl (C=O) groups excluding carboxylic acids is 1. The number of Topliss-reactive ketones (excluding diaryl/α,β-unsaturated/α-hetero) is 1. The van der Waals surface area contributed by atoms with Crippen LogP contribution in [0.4, 0.5) is 11.6 Å². The fourth-order valence-corrected chi connectivity index (χ4v) is 3.52. The van der Waals surface area contributed by atoms with E-state index in [2.05, 4.69) is 15.0 Å². The molecule has 8 nitrogen and oxygen atoms in total. The van der Waals surface area contributed by atoms with E-state index in [4.69, 9.17) is 4.98 Å². The van der Waals surface area contributed by atoms with Crippen molar-refractivity contribution in [1.82, 2.24) is 24.5 Å². The largest absolute Gasteiger partial charge is 0.304 e. The molecule has 0 saturated heterocycles. The monoisotopic (exact) mass is 396 g/mol. The summed E-state index contributed by atoms with van der Waals surface area (Å²) in [6.45, 7) is 0.392. The Labute approximate surface area is 171 Å². The molecule has 4 heterocycles. The molecule has 1 aromatic carbocycles. The van der Waals surface area contributed by atoms with Crippen LogP contribution >= 0.6 is 0 Å². The zero-order valence-corrected chi connectivity index (χ0v) is 15.8. The molecule has 0 fully saturated rings. The van der Waals surface area contributed by atoms with Crippen LogP contribution in [0.3, 0.4) is 0 Å². The molecule has 1 aliphatic rings. The van der Waals surface area contributed by atoms with Gasteiger partial charge in [-0.25, -0.2) is 15.0 Å². The van der Waals surface area contributed by atoms with Crippen molar-refractivity contribution in [2.45, 2.75) is 6.54 Å². The van der Waals surface area contributed by atoms with Gasteiger partial charge in [-0.2, -0.15) is 0 Å². The van der Waals surface area contributed by atoms with Crippen molar-refractivity contribution in [3.05, 3.63) is 94.9 Å². The quantitative estimate of drug-likeness (QED) is 0.489. The Bertz CT molecular complexity index is 1290. The first kappa shape index (κ1) is 17.9. The number of fused-ring (bicyclic) bond motifs is 2. The number of nitrogens with zero attached hydrogens (tertiary/aromatic N) is 6. The van der Waals surface area contributed by atoms with Crippen molar-refractivity contribution < 1.29 is 4.79 Å². The molecule has 0 unspecified atom stereocenters. The number of anilines is 2. The van der Waals surface area contributed by atoms with Crippen LogP contribution in [0.1, 0.15) is 16.1 Å². The molecule has 1 aliphatic heterocycles. The maximum atomic E-state index is 12.9. The summed E-state index contributed by atoms with van der Waals surface area (Å²) in [6.07, 6.45) is 4.59. The van der Waals surface area contributed by atoms with E-state index in [9.17, 15) is 9.59 Å².